The summed E-state index contributed by atoms with van der Waals surface area (Å²) in [7, 11) is 0. The number of rotatable bonds is 8. The van der Waals surface area contributed by atoms with E-state index in [-0.39, 0.29) is 0 Å². The molecule has 0 aliphatic carbocycles. The fourth-order valence-electron chi connectivity index (χ4n) is 9.58. The molecule has 296 valence electrons. The third-order valence-corrected chi connectivity index (χ3v) is 12.5. The van der Waals surface area contributed by atoms with Gasteiger partial charge in [-0.15, -0.1) is 0 Å². The second kappa shape index (κ2) is 15.3. The van der Waals surface area contributed by atoms with Crippen LogP contribution in [0.25, 0.3) is 54.6 Å². The second-order valence-corrected chi connectivity index (χ2v) is 16.2. The van der Waals surface area contributed by atoms with E-state index in [0.29, 0.717) is 0 Å². The lowest BCUT2D eigenvalue weighted by molar-refractivity contribution is 1.25. The number of anilines is 9. The van der Waals surface area contributed by atoms with E-state index < -0.39 is 0 Å². The van der Waals surface area contributed by atoms with Gasteiger partial charge in [-0.3, -0.25) is 0 Å². The number of nitrogens with zero attached hydrogens (tertiary/aromatic N) is 3. The first-order chi connectivity index (χ1) is 31.2. The summed E-state index contributed by atoms with van der Waals surface area (Å²) in [4.78, 5) is 7.17. The Hall–Kier alpha value is -8.40. The summed E-state index contributed by atoms with van der Waals surface area (Å²) in [5, 5.41) is 7.37. The van der Waals surface area contributed by atoms with Crippen LogP contribution in [0.2, 0.25) is 0 Å². The Bertz CT molecular complexity index is 3450. The highest BCUT2D eigenvalue weighted by molar-refractivity contribution is 6.17. The van der Waals surface area contributed by atoms with Gasteiger partial charge >= 0.3 is 0 Å². The van der Waals surface area contributed by atoms with Crippen molar-refractivity contribution < 1.29 is 0 Å². The quantitative estimate of drug-likeness (QED) is 0.151. The first-order valence-electron chi connectivity index (χ1n) is 21.6. The van der Waals surface area contributed by atoms with Crippen molar-refractivity contribution in [1.82, 2.24) is 0 Å². The molecule has 0 amide bonds. The highest BCUT2D eigenvalue weighted by atomic mass is 15.2. The smallest absolute Gasteiger partial charge is 0.0561 e. The molecule has 3 nitrogen and oxygen atoms in total. The van der Waals surface area contributed by atoms with Gasteiger partial charge in [0, 0.05) is 50.8 Å². The molecule has 0 unspecified atom stereocenters. The van der Waals surface area contributed by atoms with E-state index in [9.17, 15) is 0 Å². The number of hydrogen-bond acceptors (Lipinski definition) is 3. The molecule has 63 heavy (non-hydrogen) atoms. The van der Waals surface area contributed by atoms with Crippen LogP contribution in [0.4, 0.5) is 51.2 Å². The standard InChI is InChI=1S/C60H41N3/c1-4-19-47(20-5-1)61(51-33-27-42-15-10-12-17-45(42)39-51)50-31-29-44(30-32-50)54-37-38-57-55-36-35-53(41-59(55)63(49-23-8-3-9-24-49)58-26-14-25-56(54)60(57)58)62(48-21-6-2-7-22-48)52-34-28-43-16-11-13-18-46(43)40-52/h1-41H. The predicted molar refractivity (Wildman–Crippen MR) is 267 cm³/mol. The fraction of sp³-hybridized carbons (Fsp3) is 0. The van der Waals surface area contributed by atoms with Crippen molar-refractivity contribution in [2.24, 2.45) is 0 Å². The summed E-state index contributed by atoms with van der Waals surface area (Å²) in [5.74, 6) is 0. The van der Waals surface area contributed by atoms with Crippen LogP contribution >= 0.6 is 0 Å². The molecule has 0 fully saturated rings. The van der Waals surface area contributed by atoms with Crippen molar-refractivity contribution in [3.8, 4) is 22.3 Å². The maximum absolute atomic E-state index is 2.45. The molecule has 3 heteroatoms. The van der Waals surface area contributed by atoms with Gasteiger partial charge in [-0.05, 0) is 135 Å². The summed E-state index contributed by atoms with van der Waals surface area (Å²) in [6.45, 7) is 0. The highest BCUT2D eigenvalue weighted by Crippen LogP contribution is 2.54. The number of hydrogen-bond donors (Lipinski definition) is 0. The zero-order valence-electron chi connectivity index (χ0n) is 34.5. The molecule has 12 rings (SSSR count). The van der Waals surface area contributed by atoms with Gasteiger partial charge in [0.1, 0.15) is 0 Å². The molecule has 0 aromatic heterocycles. The minimum Gasteiger partial charge on any atom is -0.310 e. The van der Waals surface area contributed by atoms with Crippen LogP contribution in [-0.2, 0) is 0 Å². The lowest BCUT2D eigenvalue weighted by atomic mass is 9.87. The molecule has 0 radical (unpaired) electrons. The van der Waals surface area contributed by atoms with Crippen molar-refractivity contribution in [2.75, 3.05) is 14.7 Å². The lowest BCUT2D eigenvalue weighted by Crippen LogP contribution is -2.17. The van der Waals surface area contributed by atoms with Gasteiger partial charge in [-0.1, -0.05) is 158 Å². The van der Waals surface area contributed by atoms with E-state index in [1.165, 1.54) is 60.3 Å². The SMILES string of the molecule is c1ccc(N(c2ccc(-c3ccc4c5c(cccc35)N(c3ccccc3)c3cc(N(c5ccccc5)c5ccc6ccccc6c5)ccc3-4)cc2)c2ccc3ccccc3c2)cc1. The molecule has 1 aliphatic heterocycles. The third kappa shape index (κ3) is 6.38. The van der Waals surface area contributed by atoms with Gasteiger partial charge < -0.3 is 14.7 Å². The highest BCUT2D eigenvalue weighted by Gasteiger charge is 2.28. The lowest BCUT2D eigenvalue weighted by Gasteiger charge is -2.35. The van der Waals surface area contributed by atoms with E-state index in [4.69, 9.17) is 0 Å². The fourth-order valence-corrected chi connectivity index (χ4v) is 9.58. The van der Waals surface area contributed by atoms with Crippen LogP contribution in [0.1, 0.15) is 0 Å². The Kier molecular flexibility index (Phi) is 8.83. The van der Waals surface area contributed by atoms with Crippen molar-refractivity contribution in [2.45, 2.75) is 0 Å². The Morgan fingerprint density at radius 3 is 1.35 bits per heavy atom. The van der Waals surface area contributed by atoms with Gasteiger partial charge in [0.25, 0.3) is 0 Å². The Morgan fingerprint density at radius 1 is 0.270 bits per heavy atom. The summed E-state index contributed by atoms with van der Waals surface area (Å²) < 4.78 is 0. The molecule has 1 heterocycles. The first kappa shape index (κ1) is 36.5. The average Bonchev–Trinajstić information content (AvgIpc) is 3.35. The second-order valence-electron chi connectivity index (χ2n) is 16.2. The number of benzene rings is 11. The van der Waals surface area contributed by atoms with E-state index in [1.54, 1.807) is 0 Å². The zero-order chi connectivity index (χ0) is 41.7. The minimum atomic E-state index is 1.09. The van der Waals surface area contributed by atoms with Gasteiger partial charge in [-0.2, -0.15) is 0 Å². The maximum atomic E-state index is 2.45. The molecule has 11 aromatic carbocycles. The summed E-state index contributed by atoms with van der Waals surface area (Å²) in [5.41, 5.74) is 14.9. The summed E-state index contributed by atoms with van der Waals surface area (Å²) in [6, 6.07) is 90.2. The average molecular weight is 804 g/mol. The topological polar surface area (TPSA) is 9.72 Å². The Morgan fingerprint density at radius 2 is 0.730 bits per heavy atom. The zero-order valence-corrected chi connectivity index (χ0v) is 34.5. The number of fused-ring (bicyclic) bond motifs is 4. The Balaban J connectivity index is 0.990. The van der Waals surface area contributed by atoms with Crippen molar-refractivity contribution >= 4 is 83.5 Å². The summed E-state index contributed by atoms with van der Waals surface area (Å²) in [6.07, 6.45) is 0. The minimum absolute atomic E-state index is 1.09. The van der Waals surface area contributed by atoms with Crippen LogP contribution in [0, 0.1) is 0 Å². The molecule has 0 atom stereocenters. The molecule has 0 N–H and O–H groups in total. The monoisotopic (exact) mass is 803 g/mol. The molecular weight excluding hydrogens is 763 g/mol. The van der Waals surface area contributed by atoms with Crippen LogP contribution in [0.5, 0.6) is 0 Å². The maximum Gasteiger partial charge on any atom is 0.0561 e. The van der Waals surface area contributed by atoms with Crippen molar-refractivity contribution in [3.05, 3.63) is 249 Å². The van der Waals surface area contributed by atoms with Gasteiger partial charge in [-0.25, -0.2) is 0 Å². The Labute approximate surface area is 367 Å². The predicted octanol–water partition coefficient (Wildman–Crippen LogP) is 17.2. The van der Waals surface area contributed by atoms with Crippen LogP contribution in [-0.4, -0.2) is 0 Å². The molecular formula is C60H41N3. The van der Waals surface area contributed by atoms with E-state index in [2.05, 4.69) is 263 Å². The molecule has 1 aliphatic rings. The summed E-state index contributed by atoms with van der Waals surface area (Å²) >= 11 is 0. The first-order valence-corrected chi connectivity index (χ1v) is 21.6. The van der Waals surface area contributed by atoms with E-state index in [1.807, 2.05) is 0 Å². The number of para-hydroxylation sites is 3. The molecule has 0 saturated carbocycles. The van der Waals surface area contributed by atoms with Crippen LogP contribution in [0.3, 0.4) is 0 Å². The molecule has 0 spiro atoms. The van der Waals surface area contributed by atoms with Crippen molar-refractivity contribution in [3.63, 3.8) is 0 Å². The molecule has 0 saturated heterocycles. The third-order valence-electron chi connectivity index (χ3n) is 12.5. The largest absolute Gasteiger partial charge is 0.310 e. The molecule has 11 aromatic rings. The van der Waals surface area contributed by atoms with Gasteiger partial charge in [0.15, 0.2) is 0 Å². The van der Waals surface area contributed by atoms with Crippen molar-refractivity contribution in [1.29, 1.82) is 0 Å². The molecule has 0 bridgehead atoms. The normalized spacial score (nSPS) is 11.8. The van der Waals surface area contributed by atoms with Gasteiger partial charge in [0.2, 0.25) is 0 Å². The van der Waals surface area contributed by atoms with E-state index >= 15 is 0 Å². The van der Waals surface area contributed by atoms with Crippen LogP contribution < -0.4 is 14.7 Å². The van der Waals surface area contributed by atoms with E-state index in [0.717, 1.165) is 45.5 Å². The van der Waals surface area contributed by atoms with Gasteiger partial charge in [0.05, 0.1) is 11.4 Å². The van der Waals surface area contributed by atoms with Crippen LogP contribution in [0.15, 0.2) is 249 Å².